The van der Waals surface area contributed by atoms with Crippen molar-refractivity contribution in [3.05, 3.63) is 11.1 Å². The van der Waals surface area contributed by atoms with E-state index >= 15 is 0 Å². The number of hydrogen-bond acceptors (Lipinski definition) is 3. The van der Waals surface area contributed by atoms with E-state index in [-0.39, 0.29) is 17.6 Å². The zero-order valence-electron chi connectivity index (χ0n) is 9.06. The molecule has 3 nitrogen and oxygen atoms in total. The smallest absolute Gasteiger partial charge is 0.129 e. The van der Waals surface area contributed by atoms with Gasteiger partial charge in [0.1, 0.15) is 17.7 Å². The Kier molecular flexibility index (Phi) is 2.06. The van der Waals surface area contributed by atoms with Crippen LogP contribution in [0.3, 0.4) is 0 Å². The van der Waals surface area contributed by atoms with E-state index in [9.17, 15) is 5.11 Å². The van der Waals surface area contributed by atoms with Crippen molar-refractivity contribution < 1.29 is 5.11 Å². The summed E-state index contributed by atoms with van der Waals surface area (Å²) in [5.74, 6) is 1.65. The minimum Gasteiger partial charge on any atom is -0.392 e. The Hall–Kier alpha value is -1.32. The first kappa shape index (κ1) is 9.87. The van der Waals surface area contributed by atoms with Gasteiger partial charge in [-0.2, -0.15) is 10.5 Å². The normalized spacial score (nSPS) is 43.9. The standard InChI is InChI=1S/C13H14N2O/c14-5-10(6-15)12-8-1-7-2-9(4-8)13(16)11(12)3-7/h7-9,11,13,16H,1-4H2/t7?,8?,9?,11?,13-/m1/s1. The van der Waals surface area contributed by atoms with Crippen LogP contribution in [-0.2, 0) is 0 Å². The molecule has 5 atom stereocenters. The Morgan fingerprint density at radius 2 is 1.88 bits per heavy atom. The minimum absolute atomic E-state index is 0.102. The van der Waals surface area contributed by atoms with Gasteiger partial charge in [0.05, 0.1) is 6.10 Å². The molecule has 0 aromatic heterocycles. The van der Waals surface area contributed by atoms with Crippen molar-refractivity contribution in [3.8, 4) is 12.1 Å². The van der Waals surface area contributed by atoms with E-state index < -0.39 is 0 Å². The lowest BCUT2D eigenvalue weighted by Crippen LogP contribution is -2.50. The van der Waals surface area contributed by atoms with Gasteiger partial charge in [-0.15, -0.1) is 0 Å². The molecule has 4 saturated carbocycles. The van der Waals surface area contributed by atoms with Gasteiger partial charge in [0.2, 0.25) is 0 Å². The average molecular weight is 214 g/mol. The molecule has 0 radical (unpaired) electrons. The fourth-order valence-corrected chi connectivity index (χ4v) is 4.19. The molecule has 0 saturated heterocycles. The first-order valence-electron chi connectivity index (χ1n) is 5.97. The lowest BCUT2D eigenvalue weighted by molar-refractivity contribution is -0.0583. The molecule has 4 rings (SSSR count). The third kappa shape index (κ3) is 1.16. The third-order valence-corrected chi connectivity index (χ3v) is 4.68. The molecule has 0 spiro atoms. The van der Waals surface area contributed by atoms with Gasteiger partial charge in [0, 0.05) is 5.92 Å². The van der Waals surface area contributed by atoms with Crippen molar-refractivity contribution in [2.75, 3.05) is 0 Å². The highest BCUT2D eigenvalue weighted by Gasteiger charge is 2.51. The van der Waals surface area contributed by atoms with Crippen molar-refractivity contribution >= 4 is 0 Å². The van der Waals surface area contributed by atoms with Crippen LogP contribution in [0.5, 0.6) is 0 Å². The fraction of sp³-hybridized carbons (Fsp3) is 0.692. The van der Waals surface area contributed by atoms with Crippen LogP contribution < -0.4 is 0 Å². The molecule has 3 heteroatoms. The molecule has 1 N–H and O–H groups in total. The zero-order chi connectivity index (χ0) is 11.3. The Morgan fingerprint density at radius 3 is 2.56 bits per heavy atom. The zero-order valence-corrected chi connectivity index (χ0v) is 9.06. The van der Waals surface area contributed by atoms with Crippen LogP contribution in [0.1, 0.15) is 25.7 Å². The number of aliphatic hydroxyl groups excluding tert-OH is 1. The second kappa shape index (κ2) is 3.34. The summed E-state index contributed by atoms with van der Waals surface area (Å²) in [5, 5.41) is 28.2. The molecule has 4 aliphatic carbocycles. The first-order valence-corrected chi connectivity index (χ1v) is 5.97. The molecule has 0 heterocycles. The average Bonchev–Trinajstić information content (AvgIpc) is 2.29. The molecule has 4 fully saturated rings. The molecular weight excluding hydrogens is 200 g/mol. The van der Waals surface area contributed by atoms with Gasteiger partial charge >= 0.3 is 0 Å². The van der Waals surface area contributed by atoms with Gasteiger partial charge < -0.3 is 5.11 Å². The summed E-state index contributed by atoms with van der Waals surface area (Å²) in [6.45, 7) is 0. The number of rotatable bonds is 0. The Morgan fingerprint density at radius 1 is 1.12 bits per heavy atom. The highest BCUT2D eigenvalue weighted by atomic mass is 16.3. The van der Waals surface area contributed by atoms with E-state index in [1.807, 2.05) is 12.1 Å². The van der Waals surface area contributed by atoms with Crippen LogP contribution in [0.15, 0.2) is 11.1 Å². The number of nitrogens with zero attached hydrogens (tertiary/aromatic N) is 2. The maximum Gasteiger partial charge on any atom is 0.129 e. The summed E-state index contributed by atoms with van der Waals surface area (Å²) >= 11 is 0. The lowest BCUT2D eigenvalue weighted by atomic mass is 9.52. The maximum atomic E-state index is 10.2. The SMILES string of the molecule is N#CC(C#N)=C1C2CC3CC(C2)[C@@H](O)C1C3. The van der Waals surface area contributed by atoms with E-state index in [0.717, 1.165) is 37.2 Å². The van der Waals surface area contributed by atoms with Gasteiger partial charge in [-0.25, -0.2) is 0 Å². The number of nitriles is 2. The largest absolute Gasteiger partial charge is 0.392 e. The second-order valence-electron chi connectivity index (χ2n) is 5.42. The van der Waals surface area contributed by atoms with Gasteiger partial charge in [-0.1, -0.05) is 0 Å². The van der Waals surface area contributed by atoms with Crippen molar-refractivity contribution in [3.63, 3.8) is 0 Å². The van der Waals surface area contributed by atoms with Crippen LogP contribution in [0.2, 0.25) is 0 Å². The lowest BCUT2D eigenvalue weighted by Gasteiger charge is -2.54. The molecule has 0 aliphatic heterocycles. The van der Waals surface area contributed by atoms with E-state index in [4.69, 9.17) is 10.5 Å². The Balaban J connectivity index is 2.07. The number of allylic oxidation sites excluding steroid dienone is 1. The van der Waals surface area contributed by atoms with Gasteiger partial charge in [-0.05, 0) is 49.0 Å². The van der Waals surface area contributed by atoms with Crippen LogP contribution in [0.25, 0.3) is 0 Å². The van der Waals surface area contributed by atoms with E-state index in [2.05, 4.69) is 0 Å². The highest BCUT2D eigenvalue weighted by Crippen LogP contribution is 2.56. The minimum atomic E-state index is -0.306. The molecular formula is C13H14N2O. The second-order valence-corrected chi connectivity index (χ2v) is 5.42. The van der Waals surface area contributed by atoms with Crippen molar-refractivity contribution in [2.45, 2.75) is 31.8 Å². The van der Waals surface area contributed by atoms with E-state index in [1.165, 1.54) is 0 Å². The van der Waals surface area contributed by atoms with E-state index in [0.29, 0.717) is 11.8 Å². The number of hydrogen-bond donors (Lipinski definition) is 1. The summed E-state index contributed by atoms with van der Waals surface area (Å²) in [7, 11) is 0. The monoisotopic (exact) mass is 214 g/mol. The summed E-state index contributed by atoms with van der Waals surface area (Å²) in [6, 6.07) is 4.02. The summed E-state index contributed by atoms with van der Waals surface area (Å²) in [5.41, 5.74) is 1.25. The maximum absolute atomic E-state index is 10.2. The van der Waals surface area contributed by atoms with Crippen molar-refractivity contribution in [1.29, 1.82) is 10.5 Å². The van der Waals surface area contributed by atoms with Crippen LogP contribution in [0.4, 0.5) is 0 Å². The number of aliphatic hydroxyl groups is 1. The topological polar surface area (TPSA) is 67.8 Å². The summed E-state index contributed by atoms with van der Waals surface area (Å²) in [4.78, 5) is 0. The summed E-state index contributed by atoms with van der Waals surface area (Å²) in [6.07, 6.45) is 3.93. The predicted octanol–water partition coefficient (Wildman–Crippen LogP) is 1.76. The van der Waals surface area contributed by atoms with Crippen LogP contribution >= 0.6 is 0 Å². The third-order valence-electron chi connectivity index (χ3n) is 4.68. The Labute approximate surface area is 95.0 Å². The molecule has 0 aromatic carbocycles. The quantitative estimate of drug-likeness (QED) is 0.625. The van der Waals surface area contributed by atoms with Gasteiger partial charge in [-0.3, -0.25) is 0 Å². The molecule has 16 heavy (non-hydrogen) atoms. The van der Waals surface area contributed by atoms with Crippen LogP contribution in [0, 0.1) is 46.3 Å². The molecule has 4 bridgehead atoms. The van der Waals surface area contributed by atoms with Gasteiger partial charge in [0.15, 0.2) is 0 Å². The first-order chi connectivity index (χ1) is 7.74. The van der Waals surface area contributed by atoms with Crippen molar-refractivity contribution in [2.24, 2.45) is 23.7 Å². The summed E-state index contributed by atoms with van der Waals surface area (Å²) < 4.78 is 0. The molecule has 82 valence electrons. The van der Waals surface area contributed by atoms with Crippen molar-refractivity contribution in [1.82, 2.24) is 0 Å². The molecule has 0 aromatic rings. The molecule has 4 aliphatic rings. The predicted molar refractivity (Wildman–Crippen MR) is 56.7 cm³/mol. The van der Waals surface area contributed by atoms with E-state index in [1.54, 1.807) is 0 Å². The molecule has 0 amide bonds. The van der Waals surface area contributed by atoms with Crippen LogP contribution in [-0.4, -0.2) is 11.2 Å². The Bertz CT molecular complexity index is 424. The van der Waals surface area contributed by atoms with Gasteiger partial charge in [0.25, 0.3) is 0 Å². The molecule has 4 unspecified atom stereocenters. The highest BCUT2D eigenvalue weighted by molar-refractivity contribution is 5.44. The fourth-order valence-electron chi connectivity index (χ4n) is 4.19.